The number of nitrogens with two attached hydrogens (primary N) is 1. The highest BCUT2D eigenvalue weighted by Gasteiger charge is 2.31. The molecule has 5 heteroatoms. The molecule has 2 aromatic rings. The van der Waals surface area contributed by atoms with Gasteiger partial charge in [0.25, 0.3) is 0 Å². The molecule has 0 bridgehead atoms. The van der Waals surface area contributed by atoms with Crippen molar-refractivity contribution in [3.05, 3.63) is 70.2 Å². The van der Waals surface area contributed by atoms with Crippen molar-refractivity contribution in [3.63, 3.8) is 0 Å². The number of benzene rings is 2. The second-order valence-electron chi connectivity index (χ2n) is 5.06. The van der Waals surface area contributed by atoms with Crippen LogP contribution in [0.5, 0.6) is 0 Å². The van der Waals surface area contributed by atoms with Crippen LogP contribution in [0.25, 0.3) is 0 Å². The summed E-state index contributed by atoms with van der Waals surface area (Å²) in [4.78, 5) is 0. The summed E-state index contributed by atoms with van der Waals surface area (Å²) in [6.07, 6.45) is 0.338. The van der Waals surface area contributed by atoms with Gasteiger partial charge in [0.15, 0.2) is 0 Å². The number of halogens is 3. The average Bonchev–Trinajstić information content (AvgIpc) is 2.48. The van der Waals surface area contributed by atoms with Crippen molar-refractivity contribution >= 4 is 11.6 Å². The summed E-state index contributed by atoms with van der Waals surface area (Å²) in [5.41, 5.74) is 6.46. The maximum Gasteiger partial charge on any atom is 0.124 e. The van der Waals surface area contributed by atoms with Gasteiger partial charge in [0, 0.05) is 17.0 Å². The molecule has 0 spiro atoms. The Hall–Kier alpha value is -1.49. The van der Waals surface area contributed by atoms with Crippen molar-refractivity contribution in [2.45, 2.75) is 11.8 Å². The van der Waals surface area contributed by atoms with Crippen LogP contribution in [0.4, 0.5) is 8.78 Å². The Bertz CT molecular complexity index is 612. The topological polar surface area (TPSA) is 46.2 Å². The van der Waals surface area contributed by atoms with Crippen molar-refractivity contribution in [1.29, 1.82) is 0 Å². The molecule has 0 heterocycles. The fraction of sp³-hybridized carbons (Fsp3) is 0.250. The number of aliphatic hydroxyl groups is 1. The molecular weight excluding hydrogens is 296 g/mol. The van der Waals surface area contributed by atoms with E-state index in [0.717, 1.165) is 0 Å². The van der Waals surface area contributed by atoms with E-state index >= 15 is 0 Å². The highest BCUT2D eigenvalue weighted by molar-refractivity contribution is 6.31. The molecule has 0 saturated carbocycles. The lowest BCUT2D eigenvalue weighted by Gasteiger charge is -2.31. The second kappa shape index (κ2) is 6.52. The van der Waals surface area contributed by atoms with Crippen molar-refractivity contribution in [2.75, 3.05) is 13.2 Å². The second-order valence-corrected chi connectivity index (χ2v) is 5.47. The molecule has 1 atom stereocenters. The molecule has 2 nitrogen and oxygen atoms in total. The molecule has 0 aliphatic rings. The van der Waals surface area contributed by atoms with E-state index in [2.05, 4.69) is 0 Å². The van der Waals surface area contributed by atoms with Gasteiger partial charge >= 0.3 is 0 Å². The van der Waals surface area contributed by atoms with Gasteiger partial charge in [-0.05, 0) is 41.8 Å². The summed E-state index contributed by atoms with van der Waals surface area (Å²) in [6, 6.07) is 9.93. The lowest BCUT2D eigenvalue weighted by atomic mass is 9.76. The molecule has 21 heavy (non-hydrogen) atoms. The largest absolute Gasteiger partial charge is 0.395 e. The monoisotopic (exact) mass is 311 g/mol. The minimum Gasteiger partial charge on any atom is -0.395 e. The standard InChI is InChI=1S/C16H16ClF2NO/c17-15-7-14(19)4-1-11(15)8-16(9-20,10-21)12-2-5-13(18)6-3-12/h1-7,21H,8-10,20H2. The number of aliphatic hydroxyl groups excluding tert-OH is 1. The third-order valence-corrected chi connectivity index (χ3v) is 4.05. The molecule has 3 N–H and O–H groups in total. The van der Waals surface area contributed by atoms with Gasteiger partial charge in [-0.2, -0.15) is 0 Å². The van der Waals surface area contributed by atoms with Crippen LogP contribution < -0.4 is 5.73 Å². The third-order valence-electron chi connectivity index (χ3n) is 3.69. The Morgan fingerprint density at radius 3 is 2.19 bits per heavy atom. The molecule has 112 valence electrons. The van der Waals surface area contributed by atoms with E-state index in [1.807, 2.05) is 0 Å². The molecule has 0 aromatic heterocycles. The first-order valence-corrected chi connectivity index (χ1v) is 6.89. The quantitative estimate of drug-likeness (QED) is 0.891. The van der Waals surface area contributed by atoms with Gasteiger partial charge in [0.05, 0.1) is 6.61 Å². The van der Waals surface area contributed by atoms with Gasteiger partial charge in [-0.25, -0.2) is 8.78 Å². The van der Waals surface area contributed by atoms with Crippen LogP contribution in [0.1, 0.15) is 11.1 Å². The van der Waals surface area contributed by atoms with E-state index in [9.17, 15) is 13.9 Å². The predicted molar refractivity (Wildman–Crippen MR) is 79.3 cm³/mol. The summed E-state index contributed by atoms with van der Waals surface area (Å²) in [5.74, 6) is -0.782. The maximum atomic E-state index is 13.1. The lowest BCUT2D eigenvalue weighted by molar-refractivity contribution is 0.196. The number of hydrogen-bond donors (Lipinski definition) is 2. The van der Waals surface area contributed by atoms with Crippen molar-refractivity contribution in [2.24, 2.45) is 5.73 Å². The van der Waals surface area contributed by atoms with E-state index in [4.69, 9.17) is 17.3 Å². The summed E-state index contributed by atoms with van der Waals surface area (Å²) in [7, 11) is 0. The average molecular weight is 312 g/mol. The Labute approximate surface area is 127 Å². The fourth-order valence-corrected chi connectivity index (χ4v) is 2.57. The highest BCUT2D eigenvalue weighted by atomic mass is 35.5. The summed E-state index contributed by atoms with van der Waals surface area (Å²) in [6.45, 7) is -0.0638. The zero-order valence-electron chi connectivity index (χ0n) is 11.3. The van der Waals surface area contributed by atoms with Gasteiger partial charge in [0.1, 0.15) is 11.6 Å². The fourth-order valence-electron chi connectivity index (χ4n) is 2.34. The van der Waals surface area contributed by atoms with Crippen LogP contribution in [-0.2, 0) is 11.8 Å². The molecule has 0 aliphatic heterocycles. The van der Waals surface area contributed by atoms with Crippen LogP contribution in [0.2, 0.25) is 5.02 Å². The minimum atomic E-state index is -0.783. The molecule has 0 amide bonds. The van der Waals surface area contributed by atoms with Crippen LogP contribution in [0.3, 0.4) is 0 Å². The Morgan fingerprint density at radius 2 is 1.67 bits per heavy atom. The predicted octanol–water partition coefficient (Wildman–Crippen LogP) is 3.05. The first-order chi connectivity index (χ1) is 10.0. The summed E-state index contributed by atoms with van der Waals surface area (Å²) in [5, 5.41) is 10.1. The van der Waals surface area contributed by atoms with E-state index in [1.54, 1.807) is 18.2 Å². The van der Waals surface area contributed by atoms with Crippen molar-refractivity contribution in [3.8, 4) is 0 Å². The molecule has 1 unspecified atom stereocenters. The van der Waals surface area contributed by atoms with E-state index in [0.29, 0.717) is 17.5 Å². The molecule has 0 saturated heterocycles. The van der Waals surface area contributed by atoms with Crippen LogP contribution in [0.15, 0.2) is 42.5 Å². The first kappa shape index (κ1) is 15.9. The maximum absolute atomic E-state index is 13.1. The van der Waals surface area contributed by atoms with Crippen LogP contribution in [0, 0.1) is 11.6 Å². The number of hydrogen-bond acceptors (Lipinski definition) is 2. The molecule has 0 aliphatic carbocycles. The summed E-state index contributed by atoms with van der Waals surface area (Å²) >= 11 is 6.04. The zero-order valence-corrected chi connectivity index (χ0v) is 12.1. The van der Waals surface area contributed by atoms with E-state index in [-0.39, 0.29) is 24.0 Å². The van der Waals surface area contributed by atoms with Gasteiger partial charge in [0.2, 0.25) is 0 Å². The third kappa shape index (κ3) is 3.40. The highest BCUT2D eigenvalue weighted by Crippen LogP contribution is 2.30. The minimum absolute atomic E-state index is 0.156. The normalized spacial score (nSPS) is 14.0. The van der Waals surface area contributed by atoms with Crippen LogP contribution in [-0.4, -0.2) is 18.3 Å². The Morgan fingerprint density at radius 1 is 1.05 bits per heavy atom. The van der Waals surface area contributed by atoms with Crippen molar-refractivity contribution in [1.82, 2.24) is 0 Å². The molecule has 0 fully saturated rings. The van der Waals surface area contributed by atoms with Crippen molar-refractivity contribution < 1.29 is 13.9 Å². The summed E-state index contributed by atoms with van der Waals surface area (Å²) < 4.78 is 26.2. The Kier molecular flexibility index (Phi) is 4.93. The smallest absolute Gasteiger partial charge is 0.124 e. The molecule has 2 rings (SSSR count). The van der Waals surface area contributed by atoms with Crippen LogP contribution >= 0.6 is 11.6 Å². The lowest BCUT2D eigenvalue weighted by Crippen LogP contribution is -2.41. The molecule has 2 aromatic carbocycles. The molecule has 0 radical (unpaired) electrons. The SMILES string of the molecule is NCC(CO)(Cc1ccc(F)cc1Cl)c1ccc(F)cc1. The van der Waals surface area contributed by atoms with Gasteiger partial charge in [-0.1, -0.05) is 29.8 Å². The van der Waals surface area contributed by atoms with Gasteiger partial charge < -0.3 is 10.8 Å². The van der Waals surface area contributed by atoms with Gasteiger partial charge in [-0.3, -0.25) is 0 Å². The Balaban J connectivity index is 2.40. The number of rotatable bonds is 5. The van der Waals surface area contributed by atoms with E-state index < -0.39 is 11.2 Å². The van der Waals surface area contributed by atoms with E-state index in [1.165, 1.54) is 24.3 Å². The molecular formula is C16H16ClF2NO. The van der Waals surface area contributed by atoms with Gasteiger partial charge in [-0.15, -0.1) is 0 Å². The first-order valence-electron chi connectivity index (χ1n) is 6.52. The zero-order chi connectivity index (χ0) is 15.5.